The van der Waals surface area contributed by atoms with Crippen LogP contribution in [0.5, 0.6) is 35.3 Å². The molecule has 3 aromatic carbocycles. The van der Waals surface area contributed by atoms with Crippen LogP contribution in [-0.4, -0.2) is 52.7 Å². The van der Waals surface area contributed by atoms with Gasteiger partial charge in [-0.25, -0.2) is 14.4 Å². The zero-order chi connectivity index (χ0) is 29.9. The van der Waals surface area contributed by atoms with Crippen LogP contribution in [0.25, 0.3) is 0 Å². The third-order valence-corrected chi connectivity index (χ3v) is 5.31. The highest BCUT2D eigenvalue weighted by Gasteiger charge is 2.18. The number of hydrogen-bond donors (Lipinski definition) is 0. The number of carbonyl (C=O) groups is 3. The number of aromatic nitrogens is 3. The van der Waals surface area contributed by atoms with Gasteiger partial charge in [0.1, 0.15) is 22.8 Å². The summed E-state index contributed by atoms with van der Waals surface area (Å²) in [6.07, 6.45) is 0. The number of ether oxygens (including phenoxy) is 6. The van der Waals surface area contributed by atoms with Crippen LogP contribution in [0.15, 0.2) is 72.8 Å². The van der Waals surface area contributed by atoms with Crippen molar-refractivity contribution in [1.29, 1.82) is 0 Å². The number of nitrogens with zero attached hydrogens (tertiary/aromatic N) is 3. The van der Waals surface area contributed by atoms with E-state index in [1.807, 2.05) is 0 Å². The predicted molar refractivity (Wildman–Crippen MR) is 147 cm³/mol. The third-order valence-electron chi connectivity index (χ3n) is 5.31. The van der Waals surface area contributed by atoms with Crippen LogP contribution >= 0.6 is 0 Å². The second kappa shape index (κ2) is 14.2. The van der Waals surface area contributed by atoms with E-state index >= 15 is 0 Å². The molecule has 0 aliphatic heterocycles. The summed E-state index contributed by atoms with van der Waals surface area (Å²) in [5, 5.41) is 0. The highest BCUT2D eigenvalue weighted by atomic mass is 16.6. The van der Waals surface area contributed by atoms with Crippen molar-refractivity contribution in [3.05, 3.63) is 89.5 Å². The largest absolute Gasteiger partial charge is 0.462 e. The molecule has 0 saturated heterocycles. The molecule has 0 bridgehead atoms. The summed E-state index contributed by atoms with van der Waals surface area (Å²) in [5.41, 5.74) is 0.846. The van der Waals surface area contributed by atoms with Gasteiger partial charge in [-0.2, -0.15) is 0 Å². The van der Waals surface area contributed by atoms with E-state index in [0.717, 1.165) is 0 Å². The minimum Gasteiger partial charge on any atom is -0.462 e. The van der Waals surface area contributed by atoms with Crippen molar-refractivity contribution in [2.45, 2.75) is 20.8 Å². The Hall–Kier alpha value is -5.52. The first kappa shape index (κ1) is 29.5. The standard InChI is InChI=1S/C30H27N3O9/c1-4-37-25(34)19-11-15-21(16-12-19)40-28-31-29(41-22-17-13-20(14-18-22)26(35)38-5-2)33-30(32-28)42-24-10-8-7-9-23(24)27(36)39-6-3/h7-18H,4-6H2,1-3H3. The molecular formula is C30H27N3O9. The van der Waals surface area contributed by atoms with Crippen LogP contribution in [0.1, 0.15) is 51.8 Å². The van der Waals surface area contributed by atoms with E-state index in [-0.39, 0.29) is 49.2 Å². The monoisotopic (exact) mass is 573 g/mol. The average Bonchev–Trinajstić information content (AvgIpc) is 2.98. The summed E-state index contributed by atoms with van der Waals surface area (Å²) in [7, 11) is 0. The van der Waals surface area contributed by atoms with Crippen LogP contribution in [-0.2, 0) is 14.2 Å². The fraction of sp³-hybridized carbons (Fsp3) is 0.200. The Morgan fingerprint density at radius 1 is 0.524 bits per heavy atom. The molecule has 4 rings (SSSR count). The van der Waals surface area contributed by atoms with E-state index in [0.29, 0.717) is 22.6 Å². The summed E-state index contributed by atoms with van der Waals surface area (Å²) in [4.78, 5) is 49.0. The van der Waals surface area contributed by atoms with Crippen LogP contribution in [0.2, 0.25) is 0 Å². The first-order valence-electron chi connectivity index (χ1n) is 13.0. The molecule has 0 fully saturated rings. The molecule has 0 unspecified atom stereocenters. The van der Waals surface area contributed by atoms with Gasteiger partial charge in [-0.3, -0.25) is 0 Å². The Kier molecular flexibility index (Phi) is 9.97. The van der Waals surface area contributed by atoms with Crippen molar-refractivity contribution >= 4 is 17.9 Å². The summed E-state index contributed by atoms with van der Waals surface area (Å²) in [6, 6.07) is 18.1. The zero-order valence-electron chi connectivity index (χ0n) is 23.1. The summed E-state index contributed by atoms with van der Waals surface area (Å²) >= 11 is 0. The summed E-state index contributed by atoms with van der Waals surface area (Å²) < 4.78 is 32.5. The van der Waals surface area contributed by atoms with Crippen LogP contribution in [0, 0.1) is 0 Å². The Morgan fingerprint density at radius 3 is 1.38 bits per heavy atom. The molecule has 0 aliphatic rings. The summed E-state index contributed by atoms with van der Waals surface area (Å²) in [6.45, 7) is 5.80. The molecule has 0 spiro atoms. The molecule has 0 amide bonds. The van der Waals surface area contributed by atoms with E-state index < -0.39 is 17.9 Å². The molecule has 0 atom stereocenters. The number of rotatable bonds is 12. The second-order valence-corrected chi connectivity index (χ2v) is 8.20. The number of benzene rings is 3. The van der Waals surface area contributed by atoms with E-state index in [2.05, 4.69) is 15.0 Å². The smallest absolute Gasteiger partial charge is 0.341 e. The van der Waals surface area contributed by atoms with Crippen LogP contribution < -0.4 is 14.2 Å². The fourth-order valence-corrected chi connectivity index (χ4v) is 3.45. The van der Waals surface area contributed by atoms with E-state index in [4.69, 9.17) is 28.4 Å². The molecule has 12 heteroatoms. The highest BCUT2D eigenvalue weighted by Crippen LogP contribution is 2.29. The van der Waals surface area contributed by atoms with Gasteiger partial charge in [0.15, 0.2) is 0 Å². The second-order valence-electron chi connectivity index (χ2n) is 8.20. The van der Waals surface area contributed by atoms with Gasteiger partial charge in [-0.1, -0.05) is 12.1 Å². The van der Waals surface area contributed by atoms with E-state index in [1.54, 1.807) is 69.3 Å². The first-order valence-corrected chi connectivity index (χ1v) is 13.0. The maximum atomic E-state index is 12.4. The Bertz CT molecular complexity index is 1460. The molecule has 0 aliphatic carbocycles. The Balaban J connectivity index is 1.63. The lowest BCUT2D eigenvalue weighted by atomic mass is 10.2. The van der Waals surface area contributed by atoms with Crippen LogP contribution in [0.3, 0.4) is 0 Å². The van der Waals surface area contributed by atoms with Crippen LogP contribution in [0.4, 0.5) is 0 Å². The van der Waals surface area contributed by atoms with Gasteiger partial charge >= 0.3 is 35.9 Å². The van der Waals surface area contributed by atoms with Gasteiger partial charge < -0.3 is 28.4 Å². The molecule has 1 aromatic heterocycles. The highest BCUT2D eigenvalue weighted by molar-refractivity contribution is 5.92. The minimum absolute atomic E-state index is 0.136. The number of esters is 3. The van der Waals surface area contributed by atoms with Gasteiger partial charge in [0.05, 0.1) is 30.9 Å². The SMILES string of the molecule is CCOC(=O)c1ccc(Oc2nc(Oc3ccc(C(=O)OCC)cc3)nc(Oc3ccccc3C(=O)OCC)n2)cc1. The van der Waals surface area contributed by atoms with Crippen molar-refractivity contribution in [2.24, 2.45) is 0 Å². The topological polar surface area (TPSA) is 145 Å². The van der Waals surface area contributed by atoms with Crippen molar-refractivity contribution < 1.29 is 42.8 Å². The quantitative estimate of drug-likeness (QED) is 0.150. The molecule has 216 valence electrons. The lowest BCUT2D eigenvalue weighted by Crippen LogP contribution is -2.07. The van der Waals surface area contributed by atoms with Gasteiger partial charge in [0.25, 0.3) is 0 Å². The molecule has 0 saturated carbocycles. The normalized spacial score (nSPS) is 10.4. The Morgan fingerprint density at radius 2 is 0.929 bits per heavy atom. The molecule has 12 nitrogen and oxygen atoms in total. The maximum Gasteiger partial charge on any atom is 0.341 e. The fourth-order valence-electron chi connectivity index (χ4n) is 3.45. The van der Waals surface area contributed by atoms with Gasteiger partial charge in [0, 0.05) is 0 Å². The molecule has 0 radical (unpaired) electrons. The summed E-state index contributed by atoms with van der Waals surface area (Å²) in [5.74, 6) is -0.779. The first-order chi connectivity index (χ1) is 20.4. The third kappa shape index (κ3) is 7.78. The predicted octanol–water partition coefficient (Wildman–Crippen LogP) is 5.78. The number of hydrogen-bond acceptors (Lipinski definition) is 12. The van der Waals surface area contributed by atoms with E-state index in [1.165, 1.54) is 24.3 Å². The lowest BCUT2D eigenvalue weighted by molar-refractivity contribution is 0.0514. The number of para-hydroxylation sites is 1. The Labute approximate surface area is 241 Å². The van der Waals surface area contributed by atoms with Gasteiger partial charge in [0.2, 0.25) is 0 Å². The van der Waals surface area contributed by atoms with Gasteiger partial charge in [-0.15, -0.1) is 15.0 Å². The lowest BCUT2D eigenvalue weighted by Gasteiger charge is -2.12. The maximum absolute atomic E-state index is 12.4. The number of carbonyl (C=O) groups excluding carboxylic acids is 3. The van der Waals surface area contributed by atoms with Gasteiger partial charge in [-0.05, 0) is 81.4 Å². The molecule has 0 N–H and O–H groups in total. The average molecular weight is 574 g/mol. The van der Waals surface area contributed by atoms with E-state index in [9.17, 15) is 14.4 Å². The van der Waals surface area contributed by atoms with Crippen molar-refractivity contribution in [3.8, 4) is 35.3 Å². The van der Waals surface area contributed by atoms with Crippen molar-refractivity contribution in [1.82, 2.24) is 15.0 Å². The van der Waals surface area contributed by atoms with Crippen molar-refractivity contribution in [2.75, 3.05) is 19.8 Å². The molecule has 1 heterocycles. The zero-order valence-corrected chi connectivity index (χ0v) is 23.1. The molecular weight excluding hydrogens is 546 g/mol. The molecule has 42 heavy (non-hydrogen) atoms. The minimum atomic E-state index is -0.585. The molecule has 4 aromatic rings. The van der Waals surface area contributed by atoms with Crippen molar-refractivity contribution in [3.63, 3.8) is 0 Å².